The van der Waals surface area contributed by atoms with E-state index in [2.05, 4.69) is 30.7 Å². The fourth-order valence-corrected chi connectivity index (χ4v) is 1.60. The maximum absolute atomic E-state index is 5.66. The topological polar surface area (TPSA) is 42.2 Å². The zero-order chi connectivity index (χ0) is 10.6. The van der Waals surface area contributed by atoms with Gasteiger partial charge in [-0.15, -0.1) is 0 Å². The van der Waals surface area contributed by atoms with Crippen LogP contribution in [0, 0.1) is 6.92 Å². The molecular weight excluding hydrogens is 174 g/mol. The molecule has 0 saturated carbocycles. The SMILES string of the molecule is CCCN(CC)c1ncc(N)cc1C. The predicted octanol–water partition coefficient (Wildman–Crippen LogP) is 2.21. The first kappa shape index (κ1) is 10.8. The Morgan fingerprint density at radius 3 is 2.64 bits per heavy atom. The third kappa shape index (κ3) is 2.37. The van der Waals surface area contributed by atoms with Gasteiger partial charge in [0.15, 0.2) is 0 Å². The molecule has 0 aliphatic heterocycles. The normalized spacial score (nSPS) is 10.2. The zero-order valence-electron chi connectivity index (χ0n) is 9.25. The number of nitrogens with two attached hydrogens (primary N) is 1. The molecule has 1 aromatic heterocycles. The van der Waals surface area contributed by atoms with Crippen LogP contribution in [0.1, 0.15) is 25.8 Å². The monoisotopic (exact) mass is 193 g/mol. The molecule has 0 amide bonds. The fraction of sp³-hybridized carbons (Fsp3) is 0.545. The molecule has 0 bridgehead atoms. The number of nitrogens with zero attached hydrogens (tertiary/aromatic N) is 2. The summed E-state index contributed by atoms with van der Waals surface area (Å²) in [5.74, 6) is 1.06. The summed E-state index contributed by atoms with van der Waals surface area (Å²) < 4.78 is 0. The smallest absolute Gasteiger partial charge is 0.131 e. The minimum atomic E-state index is 0.735. The van der Waals surface area contributed by atoms with Crippen molar-refractivity contribution in [2.24, 2.45) is 0 Å². The van der Waals surface area contributed by atoms with Crippen molar-refractivity contribution in [2.45, 2.75) is 27.2 Å². The molecule has 3 nitrogen and oxygen atoms in total. The third-order valence-corrected chi connectivity index (χ3v) is 2.25. The molecule has 0 saturated heterocycles. The van der Waals surface area contributed by atoms with Gasteiger partial charge in [0, 0.05) is 13.1 Å². The standard InChI is InChI=1S/C11H19N3/c1-4-6-14(5-2)11-9(3)7-10(12)8-13-11/h7-8H,4-6,12H2,1-3H3. The van der Waals surface area contributed by atoms with Crippen LogP contribution in [-0.2, 0) is 0 Å². The fourth-order valence-electron chi connectivity index (χ4n) is 1.60. The minimum absolute atomic E-state index is 0.735. The van der Waals surface area contributed by atoms with Gasteiger partial charge in [0.2, 0.25) is 0 Å². The maximum atomic E-state index is 5.66. The van der Waals surface area contributed by atoms with Gasteiger partial charge in [-0.1, -0.05) is 6.92 Å². The Labute approximate surface area is 85.9 Å². The van der Waals surface area contributed by atoms with E-state index in [1.165, 1.54) is 0 Å². The highest BCUT2D eigenvalue weighted by Gasteiger charge is 2.07. The lowest BCUT2D eigenvalue weighted by Crippen LogP contribution is -2.25. The first-order chi connectivity index (χ1) is 6.69. The second-order valence-electron chi connectivity index (χ2n) is 3.49. The summed E-state index contributed by atoms with van der Waals surface area (Å²) in [7, 11) is 0. The molecule has 14 heavy (non-hydrogen) atoms. The van der Waals surface area contributed by atoms with Crippen LogP contribution in [0.15, 0.2) is 12.3 Å². The van der Waals surface area contributed by atoms with E-state index in [1.54, 1.807) is 6.20 Å². The van der Waals surface area contributed by atoms with Crippen molar-refractivity contribution < 1.29 is 0 Å². The minimum Gasteiger partial charge on any atom is -0.397 e. The summed E-state index contributed by atoms with van der Waals surface area (Å²) in [5, 5.41) is 0. The maximum Gasteiger partial charge on any atom is 0.131 e. The Bertz CT molecular complexity index is 297. The summed E-state index contributed by atoms with van der Waals surface area (Å²) in [6.07, 6.45) is 2.86. The summed E-state index contributed by atoms with van der Waals surface area (Å²) in [5.41, 5.74) is 7.55. The summed E-state index contributed by atoms with van der Waals surface area (Å²) in [6, 6.07) is 1.97. The average Bonchev–Trinajstić information content (AvgIpc) is 2.15. The van der Waals surface area contributed by atoms with E-state index in [4.69, 9.17) is 5.73 Å². The van der Waals surface area contributed by atoms with Crippen LogP contribution in [0.3, 0.4) is 0 Å². The highest BCUT2D eigenvalue weighted by atomic mass is 15.2. The predicted molar refractivity (Wildman–Crippen MR) is 61.6 cm³/mol. The molecule has 1 rings (SSSR count). The van der Waals surface area contributed by atoms with E-state index in [-0.39, 0.29) is 0 Å². The van der Waals surface area contributed by atoms with Crippen molar-refractivity contribution in [3.8, 4) is 0 Å². The van der Waals surface area contributed by atoms with E-state index in [9.17, 15) is 0 Å². The first-order valence-corrected chi connectivity index (χ1v) is 5.16. The van der Waals surface area contributed by atoms with Gasteiger partial charge in [0.25, 0.3) is 0 Å². The number of rotatable bonds is 4. The summed E-state index contributed by atoms with van der Waals surface area (Å²) >= 11 is 0. The lowest BCUT2D eigenvalue weighted by molar-refractivity contribution is 0.775. The average molecular weight is 193 g/mol. The van der Waals surface area contributed by atoms with E-state index in [0.717, 1.165) is 36.6 Å². The van der Waals surface area contributed by atoms with Crippen LogP contribution in [-0.4, -0.2) is 18.1 Å². The largest absolute Gasteiger partial charge is 0.397 e. The molecule has 0 atom stereocenters. The Morgan fingerprint density at radius 2 is 2.14 bits per heavy atom. The van der Waals surface area contributed by atoms with Crippen molar-refractivity contribution in [1.82, 2.24) is 4.98 Å². The highest BCUT2D eigenvalue weighted by Crippen LogP contribution is 2.18. The Morgan fingerprint density at radius 1 is 1.43 bits per heavy atom. The van der Waals surface area contributed by atoms with Crippen LogP contribution >= 0.6 is 0 Å². The van der Waals surface area contributed by atoms with Gasteiger partial charge in [-0.2, -0.15) is 0 Å². The van der Waals surface area contributed by atoms with Gasteiger partial charge in [-0.25, -0.2) is 4.98 Å². The Kier molecular flexibility index (Phi) is 3.74. The zero-order valence-corrected chi connectivity index (χ0v) is 9.25. The van der Waals surface area contributed by atoms with Crippen LogP contribution < -0.4 is 10.6 Å². The lowest BCUT2D eigenvalue weighted by atomic mass is 10.2. The van der Waals surface area contributed by atoms with Crippen molar-refractivity contribution in [2.75, 3.05) is 23.7 Å². The molecule has 0 aliphatic carbocycles. The number of nitrogen functional groups attached to an aromatic ring is 1. The second kappa shape index (κ2) is 4.84. The lowest BCUT2D eigenvalue weighted by Gasteiger charge is -2.22. The molecule has 1 aromatic rings. The van der Waals surface area contributed by atoms with Crippen LogP contribution in [0.25, 0.3) is 0 Å². The molecule has 0 fully saturated rings. The molecule has 3 heteroatoms. The number of anilines is 2. The molecule has 2 N–H and O–H groups in total. The molecular formula is C11H19N3. The Balaban J connectivity index is 2.92. The highest BCUT2D eigenvalue weighted by molar-refractivity contribution is 5.52. The summed E-state index contributed by atoms with van der Waals surface area (Å²) in [4.78, 5) is 6.64. The molecule has 0 aromatic carbocycles. The van der Waals surface area contributed by atoms with E-state index >= 15 is 0 Å². The second-order valence-corrected chi connectivity index (χ2v) is 3.49. The quantitative estimate of drug-likeness (QED) is 0.797. The van der Waals surface area contributed by atoms with Crippen LogP contribution in [0.2, 0.25) is 0 Å². The van der Waals surface area contributed by atoms with Crippen molar-refractivity contribution in [3.05, 3.63) is 17.8 Å². The number of aryl methyl sites for hydroxylation is 1. The molecule has 78 valence electrons. The Hall–Kier alpha value is -1.25. The van der Waals surface area contributed by atoms with Gasteiger partial charge in [-0.3, -0.25) is 0 Å². The van der Waals surface area contributed by atoms with Crippen LogP contribution in [0.5, 0.6) is 0 Å². The number of hydrogen-bond donors (Lipinski definition) is 1. The number of pyridine rings is 1. The molecule has 0 radical (unpaired) electrons. The van der Waals surface area contributed by atoms with Gasteiger partial charge < -0.3 is 10.6 Å². The van der Waals surface area contributed by atoms with Crippen molar-refractivity contribution >= 4 is 11.5 Å². The van der Waals surface area contributed by atoms with E-state index in [0.29, 0.717) is 0 Å². The van der Waals surface area contributed by atoms with E-state index < -0.39 is 0 Å². The molecule has 0 spiro atoms. The van der Waals surface area contributed by atoms with Crippen molar-refractivity contribution in [1.29, 1.82) is 0 Å². The van der Waals surface area contributed by atoms with Gasteiger partial charge in [0.1, 0.15) is 5.82 Å². The summed E-state index contributed by atoms with van der Waals surface area (Å²) in [6.45, 7) is 8.42. The number of aromatic nitrogens is 1. The molecule has 1 heterocycles. The van der Waals surface area contributed by atoms with Crippen molar-refractivity contribution in [3.63, 3.8) is 0 Å². The van der Waals surface area contributed by atoms with Gasteiger partial charge >= 0.3 is 0 Å². The molecule has 0 aliphatic rings. The van der Waals surface area contributed by atoms with Crippen LogP contribution in [0.4, 0.5) is 11.5 Å². The molecule has 0 unspecified atom stereocenters. The number of hydrogen-bond acceptors (Lipinski definition) is 3. The third-order valence-electron chi connectivity index (χ3n) is 2.25. The van der Waals surface area contributed by atoms with E-state index in [1.807, 2.05) is 6.07 Å². The van der Waals surface area contributed by atoms with Gasteiger partial charge in [0.05, 0.1) is 11.9 Å². The van der Waals surface area contributed by atoms with Gasteiger partial charge in [-0.05, 0) is 31.9 Å². The first-order valence-electron chi connectivity index (χ1n) is 5.16.